The van der Waals surface area contributed by atoms with Crippen LogP contribution in [0.3, 0.4) is 0 Å². The number of carbonyl (C=O) groups is 2. The number of aryl methyl sites for hydroxylation is 2. The van der Waals surface area contributed by atoms with E-state index >= 15 is 0 Å². The van der Waals surface area contributed by atoms with Crippen LogP contribution >= 0.6 is 0 Å². The smallest absolute Gasteiger partial charge is 0.253 e. The Kier molecular flexibility index (Phi) is 6.79. The number of hydrogen-bond donors (Lipinski definition) is 1. The van der Waals surface area contributed by atoms with Gasteiger partial charge < -0.3 is 15.0 Å². The minimum absolute atomic E-state index is 0.0497. The van der Waals surface area contributed by atoms with Crippen molar-refractivity contribution in [2.24, 2.45) is 0 Å². The Morgan fingerprint density at radius 2 is 1.73 bits per heavy atom. The van der Waals surface area contributed by atoms with E-state index in [2.05, 4.69) is 15.3 Å². The second-order valence-electron chi connectivity index (χ2n) is 8.38. The Morgan fingerprint density at radius 3 is 2.39 bits per heavy atom. The van der Waals surface area contributed by atoms with Gasteiger partial charge in [-0.3, -0.25) is 9.59 Å². The van der Waals surface area contributed by atoms with Crippen molar-refractivity contribution < 1.29 is 14.3 Å². The molecule has 3 aromatic rings. The van der Waals surface area contributed by atoms with Crippen LogP contribution in [0, 0.1) is 13.8 Å². The molecule has 170 valence electrons. The molecule has 0 radical (unpaired) electrons. The van der Waals surface area contributed by atoms with Crippen LogP contribution in [-0.2, 0) is 11.3 Å². The highest BCUT2D eigenvalue weighted by molar-refractivity contribution is 6.01. The second kappa shape index (κ2) is 9.92. The zero-order valence-corrected chi connectivity index (χ0v) is 19.2. The number of rotatable bonds is 6. The third-order valence-corrected chi connectivity index (χ3v) is 5.88. The summed E-state index contributed by atoms with van der Waals surface area (Å²) in [6, 6.07) is 13.4. The molecule has 33 heavy (non-hydrogen) atoms. The van der Waals surface area contributed by atoms with Crippen LogP contribution in [0.25, 0.3) is 11.1 Å². The van der Waals surface area contributed by atoms with Crippen molar-refractivity contribution >= 4 is 11.8 Å². The number of aromatic nitrogens is 2. The first-order valence-corrected chi connectivity index (χ1v) is 11.0. The third kappa shape index (κ3) is 5.43. The van der Waals surface area contributed by atoms with Gasteiger partial charge in [0, 0.05) is 55.8 Å². The molecule has 0 aliphatic carbocycles. The normalized spacial score (nSPS) is 15.5. The molecular weight excluding hydrogens is 416 g/mol. The van der Waals surface area contributed by atoms with E-state index in [-0.39, 0.29) is 17.9 Å². The summed E-state index contributed by atoms with van der Waals surface area (Å²) in [4.78, 5) is 36.4. The van der Waals surface area contributed by atoms with E-state index in [4.69, 9.17) is 4.74 Å². The molecule has 1 N–H and O–H groups in total. The molecule has 7 heteroatoms. The van der Waals surface area contributed by atoms with Gasteiger partial charge in [0.25, 0.3) is 11.8 Å². The van der Waals surface area contributed by atoms with Crippen molar-refractivity contribution in [1.29, 1.82) is 0 Å². The summed E-state index contributed by atoms with van der Waals surface area (Å²) in [5, 5.41) is 2.91. The van der Waals surface area contributed by atoms with Gasteiger partial charge in [0.15, 0.2) is 0 Å². The molecule has 0 saturated carbocycles. The van der Waals surface area contributed by atoms with Gasteiger partial charge in [-0.2, -0.15) is 0 Å². The number of methoxy groups -OCH3 is 1. The summed E-state index contributed by atoms with van der Waals surface area (Å²) in [6.45, 7) is 5.34. The number of likely N-dealkylation sites (tertiary alicyclic amines) is 1. The van der Waals surface area contributed by atoms with Crippen LogP contribution in [0.5, 0.6) is 0 Å². The van der Waals surface area contributed by atoms with Crippen LogP contribution in [-0.4, -0.2) is 53.0 Å². The highest BCUT2D eigenvalue weighted by Gasteiger charge is 2.27. The quantitative estimate of drug-likeness (QED) is 0.629. The van der Waals surface area contributed by atoms with E-state index in [1.165, 1.54) is 0 Å². The first-order valence-electron chi connectivity index (χ1n) is 11.0. The third-order valence-electron chi connectivity index (χ3n) is 5.88. The average molecular weight is 445 g/mol. The largest absolute Gasteiger partial charge is 0.380 e. The minimum Gasteiger partial charge on any atom is -0.380 e. The molecule has 1 atom stereocenters. The number of carbonyl (C=O) groups excluding carboxylic acids is 2. The van der Waals surface area contributed by atoms with Crippen molar-refractivity contribution in [3.05, 3.63) is 82.9 Å². The Balaban J connectivity index is 1.62. The standard InChI is InChI=1S/C26H28N4O3/c1-17-4-6-20(7-5-17)21-10-22(25(31)29-15-19-13-27-18(2)28-14-19)12-23(11-21)26(32)30-9-8-24(16-30)33-3/h4-7,10-14,24H,8-9,15-16H2,1-3H3,(H,29,31). The van der Waals surface area contributed by atoms with Gasteiger partial charge in [-0.25, -0.2) is 9.97 Å². The van der Waals surface area contributed by atoms with Gasteiger partial charge in [-0.1, -0.05) is 29.8 Å². The number of hydrogen-bond acceptors (Lipinski definition) is 5. The van der Waals surface area contributed by atoms with E-state index < -0.39 is 0 Å². The maximum absolute atomic E-state index is 13.3. The molecular formula is C26H28N4O3. The van der Waals surface area contributed by atoms with E-state index in [0.29, 0.717) is 36.6 Å². The fourth-order valence-electron chi connectivity index (χ4n) is 3.88. The van der Waals surface area contributed by atoms with E-state index in [9.17, 15) is 9.59 Å². The van der Waals surface area contributed by atoms with Crippen molar-refractivity contribution in [1.82, 2.24) is 20.2 Å². The van der Waals surface area contributed by atoms with Gasteiger partial charge in [-0.15, -0.1) is 0 Å². The van der Waals surface area contributed by atoms with E-state index in [1.807, 2.05) is 50.2 Å². The summed E-state index contributed by atoms with van der Waals surface area (Å²) in [6.07, 6.45) is 4.25. The van der Waals surface area contributed by atoms with Crippen molar-refractivity contribution in [2.75, 3.05) is 20.2 Å². The van der Waals surface area contributed by atoms with Crippen LogP contribution in [0.1, 0.15) is 44.1 Å². The minimum atomic E-state index is -0.255. The fraction of sp³-hybridized carbons (Fsp3) is 0.308. The molecule has 7 nitrogen and oxygen atoms in total. The number of nitrogens with one attached hydrogen (secondary N) is 1. The van der Waals surface area contributed by atoms with Gasteiger partial charge in [0.05, 0.1) is 6.10 Å². The molecule has 0 bridgehead atoms. The first kappa shape index (κ1) is 22.6. The first-order chi connectivity index (χ1) is 15.9. The maximum Gasteiger partial charge on any atom is 0.253 e. The number of nitrogens with zero attached hydrogens (tertiary/aromatic N) is 3. The molecule has 1 fully saturated rings. The summed E-state index contributed by atoms with van der Waals surface area (Å²) < 4.78 is 5.41. The fourth-order valence-corrected chi connectivity index (χ4v) is 3.88. The van der Waals surface area contributed by atoms with Crippen LogP contribution in [0.15, 0.2) is 54.9 Å². The Morgan fingerprint density at radius 1 is 1.03 bits per heavy atom. The topological polar surface area (TPSA) is 84.4 Å². The van der Waals surface area contributed by atoms with Crippen molar-refractivity contribution in [3.8, 4) is 11.1 Å². The molecule has 4 rings (SSSR count). The number of ether oxygens (including phenoxy) is 1. The molecule has 1 saturated heterocycles. The summed E-state index contributed by atoms with van der Waals surface area (Å²) in [5.41, 5.74) is 4.66. The maximum atomic E-state index is 13.3. The van der Waals surface area contributed by atoms with Gasteiger partial charge in [0.1, 0.15) is 5.82 Å². The van der Waals surface area contributed by atoms with Gasteiger partial charge >= 0.3 is 0 Å². The molecule has 0 spiro atoms. The lowest BCUT2D eigenvalue weighted by molar-refractivity contribution is 0.0724. The zero-order chi connectivity index (χ0) is 23.4. The lowest BCUT2D eigenvalue weighted by atomic mass is 9.98. The van der Waals surface area contributed by atoms with Crippen LogP contribution in [0.2, 0.25) is 0 Å². The Labute approximate surface area is 193 Å². The van der Waals surface area contributed by atoms with E-state index in [1.54, 1.807) is 30.5 Å². The van der Waals surface area contributed by atoms with E-state index in [0.717, 1.165) is 28.7 Å². The predicted octanol–water partition coefficient (Wildman–Crippen LogP) is 3.55. The predicted molar refractivity (Wildman–Crippen MR) is 126 cm³/mol. The molecule has 1 aliphatic rings. The highest BCUT2D eigenvalue weighted by Crippen LogP contribution is 2.25. The van der Waals surface area contributed by atoms with Gasteiger partial charge in [0.2, 0.25) is 0 Å². The lowest BCUT2D eigenvalue weighted by Crippen LogP contribution is -2.30. The summed E-state index contributed by atoms with van der Waals surface area (Å²) >= 11 is 0. The summed E-state index contributed by atoms with van der Waals surface area (Å²) in [7, 11) is 1.66. The second-order valence-corrected chi connectivity index (χ2v) is 8.38. The Hall–Kier alpha value is -3.58. The average Bonchev–Trinajstić information content (AvgIpc) is 3.32. The van der Waals surface area contributed by atoms with Crippen molar-refractivity contribution in [2.45, 2.75) is 32.9 Å². The number of benzene rings is 2. The molecule has 2 aromatic carbocycles. The zero-order valence-electron chi connectivity index (χ0n) is 19.2. The highest BCUT2D eigenvalue weighted by atomic mass is 16.5. The summed E-state index contributed by atoms with van der Waals surface area (Å²) in [5.74, 6) is 0.330. The lowest BCUT2D eigenvalue weighted by Gasteiger charge is -2.18. The van der Waals surface area contributed by atoms with Crippen LogP contribution < -0.4 is 5.32 Å². The van der Waals surface area contributed by atoms with Gasteiger partial charge in [-0.05, 0) is 49.6 Å². The molecule has 2 amide bonds. The molecule has 1 aliphatic heterocycles. The van der Waals surface area contributed by atoms with Crippen LogP contribution in [0.4, 0.5) is 0 Å². The Bertz CT molecular complexity index is 1140. The molecule has 1 unspecified atom stereocenters. The number of amides is 2. The van der Waals surface area contributed by atoms with Crippen molar-refractivity contribution in [3.63, 3.8) is 0 Å². The molecule has 2 heterocycles. The molecule has 1 aromatic heterocycles. The SMILES string of the molecule is COC1CCN(C(=O)c2cc(C(=O)NCc3cnc(C)nc3)cc(-c3ccc(C)cc3)c2)C1. The monoisotopic (exact) mass is 444 g/mol.